The molecule has 1 aromatic rings. The molecule has 0 saturated carbocycles. The van der Waals surface area contributed by atoms with Gasteiger partial charge in [-0.05, 0) is 12.5 Å². The zero-order valence-electron chi connectivity index (χ0n) is 8.18. The fourth-order valence-electron chi connectivity index (χ4n) is 1.03. The highest BCUT2D eigenvalue weighted by Gasteiger charge is 2.10. The number of ether oxygens (including phenoxy) is 1. The summed E-state index contributed by atoms with van der Waals surface area (Å²) in [6, 6.07) is 9.77. The highest BCUT2D eigenvalue weighted by Crippen LogP contribution is 2.05. The minimum Gasteiger partial charge on any atom is -0.378 e. The van der Waals surface area contributed by atoms with E-state index in [-0.39, 0.29) is 6.10 Å². The van der Waals surface area contributed by atoms with Gasteiger partial charge in [-0.3, -0.25) is 0 Å². The summed E-state index contributed by atoms with van der Waals surface area (Å²) in [5, 5.41) is 9.24. The smallest absolute Gasteiger partial charge is 0.140 e. The maximum atomic E-state index is 9.24. The van der Waals surface area contributed by atoms with Crippen LogP contribution in [0.4, 0.5) is 0 Å². The second-order valence-electron chi connectivity index (χ2n) is 3.11. The number of aliphatic hydroxyl groups excluding tert-OH is 1. The predicted molar refractivity (Wildman–Crippen MR) is 55.5 cm³/mol. The van der Waals surface area contributed by atoms with Crippen LogP contribution in [0.3, 0.4) is 0 Å². The molecule has 74 valence electrons. The summed E-state index contributed by atoms with van der Waals surface area (Å²) < 4.78 is 5.39. The van der Waals surface area contributed by atoms with Crippen LogP contribution < -0.4 is 0 Å². The molecule has 0 amide bonds. The fraction of sp³-hybridized carbons (Fsp3) is 0.333. The molecule has 0 aliphatic carbocycles. The number of terminal acetylenes is 1. The number of rotatable bonds is 4. The van der Waals surface area contributed by atoms with E-state index in [1.807, 2.05) is 30.3 Å². The van der Waals surface area contributed by atoms with Crippen LogP contribution in [0.25, 0.3) is 0 Å². The van der Waals surface area contributed by atoms with E-state index in [2.05, 4.69) is 5.92 Å². The van der Waals surface area contributed by atoms with E-state index in [0.29, 0.717) is 6.61 Å². The summed E-state index contributed by atoms with van der Waals surface area (Å²) in [6.07, 6.45) is 3.89. The Kier molecular flexibility index (Phi) is 4.18. The van der Waals surface area contributed by atoms with Crippen molar-refractivity contribution < 1.29 is 9.84 Å². The molecule has 0 radical (unpaired) electrons. The van der Waals surface area contributed by atoms with Crippen LogP contribution in [0.1, 0.15) is 12.5 Å². The van der Waals surface area contributed by atoms with Gasteiger partial charge in [-0.15, -0.1) is 6.42 Å². The molecule has 0 aromatic heterocycles. The molecule has 1 aromatic carbocycles. The predicted octanol–water partition coefficient (Wildman–Crippen LogP) is 1.59. The molecule has 0 saturated heterocycles. The van der Waals surface area contributed by atoms with Crippen LogP contribution in [-0.2, 0) is 11.3 Å². The molecule has 0 bridgehead atoms. The van der Waals surface area contributed by atoms with Crippen LogP contribution in [0.2, 0.25) is 0 Å². The minimum absolute atomic E-state index is 0.333. The van der Waals surface area contributed by atoms with Gasteiger partial charge in [0, 0.05) is 0 Å². The summed E-state index contributed by atoms with van der Waals surface area (Å²) in [6.45, 7) is 2.23. The Bertz CT molecular complexity index is 300. The largest absolute Gasteiger partial charge is 0.378 e. The molecule has 0 heterocycles. The average Bonchev–Trinajstić information content (AvgIpc) is 2.26. The fourth-order valence-corrected chi connectivity index (χ4v) is 1.03. The summed E-state index contributed by atoms with van der Waals surface area (Å²) in [5.74, 6) is 2.23. The van der Waals surface area contributed by atoms with Gasteiger partial charge in [0.15, 0.2) is 0 Å². The van der Waals surface area contributed by atoms with Crippen LogP contribution >= 0.6 is 0 Å². The van der Waals surface area contributed by atoms with Crippen LogP contribution in [0.5, 0.6) is 0 Å². The van der Waals surface area contributed by atoms with Crippen LogP contribution in [0.15, 0.2) is 30.3 Å². The van der Waals surface area contributed by atoms with Gasteiger partial charge in [0.05, 0.1) is 12.7 Å². The van der Waals surface area contributed by atoms with E-state index in [4.69, 9.17) is 11.2 Å². The topological polar surface area (TPSA) is 29.5 Å². The molecule has 1 rings (SSSR count). The average molecular weight is 190 g/mol. The second kappa shape index (κ2) is 5.43. The molecule has 0 aliphatic heterocycles. The summed E-state index contributed by atoms with van der Waals surface area (Å²) in [7, 11) is 0. The Morgan fingerprint density at radius 3 is 2.64 bits per heavy atom. The Morgan fingerprint density at radius 1 is 1.43 bits per heavy atom. The van der Waals surface area contributed by atoms with Gasteiger partial charge in [0.25, 0.3) is 0 Å². The Morgan fingerprint density at radius 2 is 2.07 bits per heavy atom. The standard InChI is InChI=1S/C12H14O2/c1-3-12(13)10(2)14-9-11-7-5-4-6-8-11/h1,4-8,10,12-13H,9H2,2H3/t10-,12-/m0/s1. The first-order valence-electron chi connectivity index (χ1n) is 4.53. The molecular formula is C12H14O2. The number of hydrogen-bond donors (Lipinski definition) is 1. The van der Waals surface area contributed by atoms with E-state index in [0.717, 1.165) is 5.56 Å². The third-order valence-corrected chi connectivity index (χ3v) is 1.97. The first-order chi connectivity index (χ1) is 6.74. The van der Waals surface area contributed by atoms with Crippen LogP contribution in [-0.4, -0.2) is 17.3 Å². The maximum Gasteiger partial charge on any atom is 0.140 e. The van der Waals surface area contributed by atoms with Gasteiger partial charge in [-0.25, -0.2) is 0 Å². The van der Waals surface area contributed by atoms with Gasteiger partial charge in [0.2, 0.25) is 0 Å². The molecule has 2 heteroatoms. The first-order valence-corrected chi connectivity index (χ1v) is 4.53. The van der Waals surface area contributed by atoms with Gasteiger partial charge in [-0.2, -0.15) is 0 Å². The molecule has 2 atom stereocenters. The quantitative estimate of drug-likeness (QED) is 0.730. The molecule has 0 fully saturated rings. The van der Waals surface area contributed by atoms with Gasteiger partial charge < -0.3 is 9.84 Å². The molecule has 0 aliphatic rings. The van der Waals surface area contributed by atoms with E-state index in [1.165, 1.54) is 0 Å². The minimum atomic E-state index is -0.835. The van der Waals surface area contributed by atoms with E-state index in [1.54, 1.807) is 6.92 Å². The number of hydrogen-bond acceptors (Lipinski definition) is 2. The number of benzene rings is 1. The zero-order chi connectivity index (χ0) is 10.4. The van der Waals surface area contributed by atoms with Crippen molar-refractivity contribution in [3.05, 3.63) is 35.9 Å². The molecule has 1 N–H and O–H groups in total. The van der Waals surface area contributed by atoms with Crippen molar-refractivity contribution in [3.8, 4) is 12.3 Å². The monoisotopic (exact) mass is 190 g/mol. The van der Waals surface area contributed by atoms with Gasteiger partial charge >= 0.3 is 0 Å². The summed E-state index contributed by atoms with van der Waals surface area (Å²) in [4.78, 5) is 0. The van der Waals surface area contributed by atoms with Crippen molar-refractivity contribution in [1.82, 2.24) is 0 Å². The SMILES string of the molecule is C#C[C@H](O)[C@H](C)OCc1ccccc1. The lowest BCUT2D eigenvalue weighted by Gasteiger charge is -2.14. The maximum absolute atomic E-state index is 9.24. The van der Waals surface area contributed by atoms with Gasteiger partial charge in [-0.1, -0.05) is 36.3 Å². The van der Waals surface area contributed by atoms with Gasteiger partial charge in [0.1, 0.15) is 6.10 Å². The zero-order valence-corrected chi connectivity index (χ0v) is 8.18. The first kappa shape index (κ1) is 10.8. The van der Waals surface area contributed by atoms with Crippen LogP contribution in [0, 0.1) is 12.3 Å². The van der Waals surface area contributed by atoms with Crippen molar-refractivity contribution in [3.63, 3.8) is 0 Å². The third-order valence-electron chi connectivity index (χ3n) is 1.97. The molecule has 0 unspecified atom stereocenters. The summed E-state index contributed by atoms with van der Waals surface area (Å²) in [5.41, 5.74) is 1.07. The second-order valence-corrected chi connectivity index (χ2v) is 3.11. The van der Waals surface area contributed by atoms with Crippen molar-refractivity contribution in [2.45, 2.75) is 25.7 Å². The highest BCUT2D eigenvalue weighted by molar-refractivity contribution is 5.13. The molecule has 0 spiro atoms. The van der Waals surface area contributed by atoms with Crippen molar-refractivity contribution in [2.24, 2.45) is 0 Å². The normalized spacial score (nSPS) is 14.4. The third kappa shape index (κ3) is 3.21. The molecular weight excluding hydrogens is 176 g/mol. The number of aliphatic hydroxyl groups is 1. The Balaban J connectivity index is 2.39. The van der Waals surface area contributed by atoms with E-state index in [9.17, 15) is 5.11 Å². The Labute approximate surface area is 84.5 Å². The van der Waals surface area contributed by atoms with Crippen molar-refractivity contribution >= 4 is 0 Å². The lowest BCUT2D eigenvalue weighted by molar-refractivity contribution is -0.0115. The Hall–Kier alpha value is -1.30. The highest BCUT2D eigenvalue weighted by atomic mass is 16.5. The lowest BCUT2D eigenvalue weighted by Crippen LogP contribution is -2.23. The van der Waals surface area contributed by atoms with E-state index >= 15 is 0 Å². The van der Waals surface area contributed by atoms with Crippen molar-refractivity contribution in [2.75, 3.05) is 0 Å². The molecule has 14 heavy (non-hydrogen) atoms. The summed E-state index contributed by atoms with van der Waals surface area (Å²) >= 11 is 0. The lowest BCUT2D eigenvalue weighted by atomic mass is 10.2. The van der Waals surface area contributed by atoms with E-state index < -0.39 is 6.10 Å². The molecule has 2 nitrogen and oxygen atoms in total. The van der Waals surface area contributed by atoms with Crippen molar-refractivity contribution in [1.29, 1.82) is 0 Å².